The molecule has 0 amide bonds. The summed E-state index contributed by atoms with van der Waals surface area (Å²) in [6, 6.07) is 0. The molecule has 2 unspecified atom stereocenters. The van der Waals surface area contributed by atoms with E-state index in [1.54, 1.807) is 0 Å². The van der Waals surface area contributed by atoms with Crippen molar-refractivity contribution in [2.24, 2.45) is 0 Å². The number of carbonyl (C=O) groups excluding carboxylic acids is 8. The van der Waals surface area contributed by atoms with E-state index >= 15 is 0 Å². The third-order valence-corrected chi connectivity index (χ3v) is 9.09. The molecule has 0 radical (unpaired) electrons. The molecular formula is C41H44O20. The van der Waals surface area contributed by atoms with E-state index in [4.69, 9.17) is 47.4 Å². The highest BCUT2D eigenvalue weighted by molar-refractivity contribution is 6.16. The molecule has 2 saturated heterocycles. The summed E-state index contributed by atoms with van der Waals surface area (Å²) < 4.78 is 52.4. The summed E-state index contributed by atoms with van der Waals surface area (Å²) >= 11 is 0. The van der Waals surface area contributed by atoms with Crippen LogP contribution >= 0.6 is 0 Å². The van der Waals surface area contributed by atoms with Crippen molar-refractivity contribution in [1.29, 1.82) is 0 Å². The predicted octanol–water partition coefficient (Wildman–Crippen LogP) is 3.89. The standard InChI is InChI=1S/C41H44O20/c1-25(31(45)55-38(4,54-24-42)20-22-52-26(2)43)12-8-6-9-14-29-34(48)58-40(59-35(29)49)16-18-41(19-17-40)60-36(50)30(37(51)61-41)15-11-7-10-13-28-32(46)56-39(5,57-33(28)47)21-23-53-27(3)44/h6-15,24,45-46H,16-23H2,1-5H3/b9-6+,11-7+,12-8+,13-10+,29-14?,30-15?,31-25+. The summed E-state index contributed by atoms with van der Waals surface area (Å²) in [5.41, 5.74) is -0.999. The van der Waals surface area contributed by atoms with E-state index in [-0.39, 0.29) is 69.4 Å². The Balaban J connectivity index is 1.28. The zero-order valence-electron chi connectivity index (χ0n) is 33.8. The van der Waals surface area contributed by atoms with Gasteiger partial charge in [-0.25, -0.2) is 24.0 Å². The monoisotopic (exact) mass is 856 g/mol. The summed E-state index contributed by atoms with van der Waals surface area (Å²) in [5, 5.41) is 20.6. The molecule has 61 heavy (non-hydrogen) atoms. The molecule has 4 rings (SSSR count). The van der Waals surface area contributed by atoms with Gasteiger partial charge >= 0.3 is 41.8 Å². The molecule has 3 fully saturated rings. The largest absolute Gasteiger partial charge is 0.481 e. The van der Waals surface area contributed by atoms with Crippen molar-refractivity contribution in [2.45, 2.75) is 96.3 Å². The molecule has 20 heteroatoms. The molecule has 3 aliphatic heterocycles. The van der Waals surface area contributed by atoms with Crippen molar-refractivity contribution in [3.63, 3.8) is 0 Å². The minimum atomic E-state index is -1.71. The maximum Gasteiger partial charge on any atom is 0.348 e. The van der Waals surface area contributed by atoms with E-state index in [1.165, 1.54) is 77.2 Å². The summed E-state index contributed by atoms with van der Waals surface area (Å²) in [7, 11) is 0. The molecule has 0 aromatic heterocycles. The molecule has 0 aromatic rings. The van der Waals surface area contributed by atoms with E-state index in [0.717, 1.165) is 18.2 Å². The number of aliphatic hydroxyl groups excluding tert-OH is 2. The van der Waals surface area contributed by atoms with Gasteiger partial charge in [-0.2, -0.15) is 0 Å². The van der Waals surface area contributed by atoms with E-state index < -0.39 is 88.0 Å². The Bertz CT molecular complexity index is 2010. The fraction of sp³-hybridized carbons (Fsp3) is 0.415. The number of rotatable bonds is 16. The molecule has 1 aliphatic carbocycles. The molecule has 0 aromatic carbocycles. The number of aliphatic hydroxyl groups is 2. The maximum atomic E-state index is 12.9. The molecular weight excluding hydrogens is 812 g/mol. The van der Waals surface area contributed by atoms with Gasteiger partial charge in [0.2, 0.25) is 0 Å². The smallest absolute Gasteiger partial charge is 0.348 e. The molecule has 2 N–H and O–H groups in total. The number of cyclic esters (lactones) is 1. The molecule has 4 aliphatic rings. The number of hydrogen-bond donors (Lipinski definition) is 2. The Labute approximate surface area is 348 Å². The van der Waals surface area contributed by atoms with Gasteiger partial charge in [0, 0.05) is 59.0 Å². The first kappa shape index (κ1) is 46.6. The second kappa shape index (κ2) is 19.8. The minimum Gasteiger partial charge on any atom is -0.481 e. The quantitative estimate of drug-likeness (QED) is 0.0326. The lowest BCUT2D eigenvalue weighted by molar-refractivity contribution is -0.291. The first-order valence-corrected chi connectivity index (χ1v) is 18.6. The maximum absolute atomic E-state index is 12.9. The summed E-state index contributed by atoms with van der Waals surface area (Å²) in [5.74, 6) is -13.9. The average Bonchev–Trinajstić information content (AvgIpc) is 3.15. The van der Waals surface area contributed by atoms with Crippen molar-refractivity contribution in [2.75, 3.05) is 13.2 Å². The van der Waals surface area contributed by atoms with Gasteiger partial charge in [-0.1, -0.05) is 42.5 Å². The Morgan fingerprint density at radius 3 is 1.67 bits per heavy atom. The number of esters is 7. The van der Waals surface area contributed by atoms with Gasteiger partial charge in [0.25, 0.3) is 41.5 Å². The van der Waals surface area contributed by atoms with Gasteiger partial charge in [0.15, 0.2) is 0 Å². The zero-order chi connectivity index (χ0) is 45.0. The van der Waals surface area contributed by atoms with Crippen molar-refractivity contribution >= 4 is 48.3 Å². The van der Waals surface area contributed by atoms with E-state index in [2.05, 4.69) is 0 Å². The highest BCUT2D eigenvalue weighted by Crippen LogP contribution is 2.45. The van der Waals surface area contributed by atoms with Crippen LogP contribution in [0.4, 0.5) is 0 Å². The third kappa shape index (κ3) is 12.7. The molecule has 0 bridgehead atoms. The fourth-order valence-corrected chi connectivity index (χ4v) is 5.79. The Morgan fingerprint density at radius 1 is 0.705 bits per heavy atom. The molecule has 2 spiro atoms. The highest BCUT2D eigenvalue weighted by Gasteiger charge is 2.56. The highest BCUT2D eigenvalue weighted by atomic mass is 16.8. The van der Waals surface area contributed by atoms with Gasteiger partial charge < -0.3 is 57.6 Å². The molecule has 1 saturated carbocycles. The second-order valence-corrected chi connectivity index (χ2v) is 14.0. The topological polar surface area (TPSA) is 269 Å². The summed E-state index contributed by atoms with van der Waals surface area (Å²) in [6.45, 7) is 6.49. The SMILES string of the molecule is CC(=O)OCCC1(C)OC(=O)C(/C=C/C=C/C=C2C(=O)OC3(CCC4(CC3)OC(=O)C(=C/C=C/C=C/C(C)=C(\O)OC(C)(CCOC(C)=O)OC=O)C(=O)O4)OC2=O)=C(O)O1. The van der Waals surface area contributed by atoms with Crippen molar-refractivity contribution < 1.29 is 95.9 Å². The van der Waals surface area contributed by atoms with Crippen LogP contribution in [0.5, 0.6) is 0 Å². The Kier molecular flexibility index (Phi) is 15.1. The Hall–Kier alpha value is -7.12. The van der Waals surface area contributed by atoms with Crippen LogP contribution < -0.4 is 0 Å². The number of allylic oxidation sites excluding steroid dienone is 10. The van der Waals surface area contributed by atoms with Crippen LogP contribution in [-0.4, -0.2) is 94.8 Å². The van der Waals surface area contributed by atoms with Crippen LogP contribution in [0.25, 0.3) is 0 Å². The van der Waals surface area contributed by atoms with Crippen molar-refractivity contribution in [3.05, 3.63) is 94.9 Å². The van der Waals surface area contributed by atoms with Crippen LogP contribution in [0, 0.1) is 0 Å². The lowest BCUT2D eigenvalue weighted by Crippen LogP contribution is -2.56. The van der Waals surface area contributed by atoms with Crippen LogP contribution in [0.2, 0.25) is 0 Å². The molecule has 328 valence electrons. The van der Waals surface area contributed by atoms with Crippen molar-refractivity contribution in [3.8, 4) is 0 Å². The molecule has 20 nitrogen and oxygen atoms in total. The van der Waals surface area contributed by atoms with Gasteiger partial charge in [0.1, 0.15) is 16.7 Å². The van der Waals surface area contributed by atoms with Crippen LogP contribution in [0.3, 0.4) is 0 Å². The van der Waals surface area contributed by atoms with Crippen molar-refractivity contribution in [1.82, 2.24) is 0 Å². The Morgan fingerprint density at radius 2 is 1.20 bits per heavy atom. The predicted molar refractivity (Wildman–Crippen MR) is 201 cm³/mol. The first-order valence-electron chi connectivity index (χ1n) is 18.6. The molecule has 3 heterocycles. The number of hydrogen-bond acceptors (Lipinski definition) is 20. The lowest BCUT2D eigenvalue weighted by Gasteiger charge is -2.45. The zero-order valence-corrected chi connectivity index (χ0v) is 33.8. The molecule has 2 atom stereocenters. The van der Waals surface area contributed by atoms with Gasteiger partial charge in [-0.05, 0) is 25.2 Å². The average molecular weight is 857 g/mol. The van der Waals surface area contributed by atoms with Crippen LogP contribution in [0.15, 0.2) is 94.9 Å². The first-order chi connectivity index (χ1) is 28.7. The summed E-state index contributed by atoms with van der Waals surface area (Å²) in [4.78, 5) is 96.9. The van der Waals surface area contributed by atoms with E-state index in [9.17, 15) is 48.6 Å². The fourth-order valence-electron chi connectivity index (χ4n) is 5.79. The van der Waals surface area contributed by atoms with Gasteiger partial charge in [-0.3, -0.25) is 14.4 Å². The van der Waals surface area contributed by atoms with Crippen LogP contribution in [0.1, 0.15) is 73.1 Å². The third-order valence-electron chi connectivity index (χ3n) is 9.09. The number of ether oxygens (including phenoxy) is 10. The lowest BCUT2D eigenvalue weighted by atomic mass is 9.87. The van der Waals surface area contributed by atoms with Crippen LogP contribution in [-0.2, 0) is 85.7 Å². The normalized spacial score (nSPS) is 25.6. The second-order valence-electron chi connectivity index (χ2n) is 14.0. The summed E-state index contributed by atoms with van der Waals surface area (Å²) in [6.07, 6.45) is 12.1. The van der Waals surface area contributed by atoms with E-state index in [1.807, 2.05) is 0 Å². The number of carbonyl (C=O) groups is 8. The van der Waals surface area contributed by atoms with Gasteiger partial charge in [0.05, 0.1) is 26.1 Å². The van der Waals surface area contributed by atoms with Gasteiger partial charge in [-0.15, -0.1) is 0 Å². The van der Waals surface area contributed by atoms with E-state index in [0.29, 0.717) is 0 Å². The minimum absolute atomic E-state index is 0.0421.